The molecule has 0 radical (unpaired) electrons. The smallest absolute Gasteiger partial charge is 0.187 e. The van der Waals surface area contributed by atoms with Gasteiger partial charge in [0.1, 0.15) is 24.4 Å². The molecule has 1 fully saturated rings. The summed E-state index contributed by atoms with van der Waals surface area (Å²) in [6, 6.07) is 0. The van der Waals surface area contributed by atoms with E-state index in [1.54, 1.807) is 0 Å². The van der Waals surface area contributed by atoms with Gasteiger partial charge in [-0.3, -0.25) is 0 Å². The lowest BCUT2D eigenvalue weighted by molar-refractivity contribution is -0.333. The van der Waals surface area contributed by atoms with Crippen LogP contribution in [-0.2, 0) is 9.47 Å². The zero-order valence-electron chi connectivity index (χ0n) is 13.6. The molecule has 1 aliphatic carbocycles. The molecule has 5 N–H and O–H groups in total. The van der Waals surface area contributed by atoms with Crippen LogP contribution < -0.4 is 0 Å². The van der Waals surface area contributed by atoms with Crippen molar-refractivity contribution in [3.63, 3.8) is 0 Å². The van der Waals surface area contributed by atoms with Crippen molar-refractivity contribution < 1.29 is 35.0 Å². The van der Waals surface area contributed by atoms with Gasteiger partial charge in [0.05, 0.1) is 18.8 Å². The molecule has 1 saturated heterocycles. The molecule has 0 amide bonds. The summed E-state index contributed by atoms with van der Waals surface area (Å²) in [6.07, 6.45) is -2.49. The number of aliphatic hydroxyl groups excluding tert-OH is 5. The second-order valence-electron chi connectivity index (χ2n) is 6.76. The largest absolute Gasteiger partial charge is 0.394 e. The Hall–Kier alpha value is -0.540. The van der Waals surface area contributed by atoms with E-state index in [1.807, 2.05) is 19.9 Å². The molecule has 0 aromatic heterocycles. The molecular formula is C16H28O7. The van der Waals surface area contributed by atoms with Gasteiger partial charge in [-0.2, -0.15) is 0 Å². The number of aliphatic hydroxyl groups is 5. The normalized spacial score (nSPS) is 41.9. The van der Waals surface area contributed by atoms with Gasteiger partial charge >= 0.3 is 0 Å². The SMILES string of the molecule is CC(C)[C@]1(O[C@@H]2O[C@H](CO)[C@@H](O)[C@H](O)[C@H]2O)CC=C(CO)CC1. The van der Waals surface area contributed by atoms with Gasteiger partial charge in [0.15, 0.2) is 6.29 Å². The van der Waals surface area contributed by atoms with E-state index in [4.69, 9.17) is 9.47 Å². The fraction of sp³-hybridized carbons (Fsp3) is 0.875. The van der Waals surface area contributed by atoms with E-state index >= 15 is 0 Å². The van der Waals surface area contributed by atoms with Crippen LogP contribution in [0.1, 0.15) is 33.1 Å². The minimum Gasteiger partial charge on any atom is -0.394 e. The van der Waals surface area contributed by atoms with Crippen LogP contribution in [-0.4, -0.2) is 75.1 Å². The fourth-order valence-electron chi connectivity index (χ4n) is 3.20. The van der Waals surface area contributed by atoms with E-state index in [0.717, 1.165) is 5.57 Å². The topological polar surface area (TPSA) is 120 Å². The van der Waals surface area contributed by atoms with Crippen molar-refractivity contribution >= 4 is 0 Å². The molecule has 134 valence electrons. The van der Waals surface area contributed by atoms with Gasteiger partial charge in [0, 0.05) is 0 Å². The van der Waals surface area contributed by atoms with Gasteiger partial charge in [-0.1, -0.05) is 19.9 Å². The lowest BCUT2D eigenvalue weighted by Gasteiger charge is -2.47. The maximum absolute atomic E-state index is 10.1. The van der Waals surface area contributed by atoms with Crippen LogP contribution in [0.4, 0.5) is 0 Å². The molecule has 1 aliphatic heterocycles. The maximum Gasteiger partial charge on any atom is 0.187 e. The van der Waals surface area contributed by atoms with Crippen LogP contribution in [0, 0.1) is 5.92 Å². The Bertz CT molecular complexity index is 423. The summed E-state index contributed by atoms with van der Waals surface area (Å²) in [5.41, 5.74) is 0.366. The standard InChI is InChI=1S/C16H28O7/c1-9(2)16(5-3-10(7-17)4-6-16)23-15-14(21)13(20)12(19)11(8-18)22-15/h3,9,11-15,17-21H,4-8H2,1-2H3/t11-,12-,13+,14-,15+,16+/m1/s1. The Kier molecular flexibility index (Phi) is 6.18. The fourth-order valence-corrected chi connectivity index (χ4v) is 3.20. The van der Waals surface area contributed by atoms with E-state index in [-0.39, 0.29) is 12.5 Å². The maximum atomic E-state index is 10.1. The van der Waals surface area contributed by atoms with E-state index in [2.05, 4.69) is 0 Å². The van der Waals surface area contributed by atoms with Crippen LogP contribution in [0.3, 0.4) is 0 Å². The van der Waals surface area contributed by atoms with Gasteiger partial charge in [-0.15, -0.1) is 0 Å². The zero-order valence-corrected chi connectivity index (χ0v) is 13.6. The van der Waals surface area contributed by atoms with Crippen LogP contribution in [0.25, 0.3) is 0 Å². The highest BCUT2D eigenvalue weighted by molar-refractivity contribution is 5.12. The Balaban J connectivity index is 2.15. The Morgan fingerprint density at radius 2 is 1.91 bits per heavy atom. The Morgan fingerprint density at radius 3 is 2.39 bits per heavy atom. The second kappa shape index (κ2) is 7.57. The molecule has 0 unspecified atom stereocenters. The number of rotatable bonds is 5. The lowest BCUT2D eigenvalue weighted by atomic mass is 9.77. The molecular weight excluding hydrogens is 304 g/mol. The summed E-state index contributed by atoms with van der Waals surface area (Å²) in [6.45, 7) is 3.55. The third kappa shape index (κ3) is 3.76. The third-order valence-corrected chi connectivity index (χ3v) is 5.06. The van der Waals surface area contributed by atoms with Crippen molar-refractivity contribution in [3.05, 3.63) is 11.6 Å². The predicted molar refractivity (Wildman–Crippen MR) is 81.4 cm³/mol. The van der Waals surface area contributed by atoms with Crippen molar-refractivity contribution in [2.24, 2.45) is 5.92 Å². The van der Waals surface area contributed by atoms with Crippen LogP contribution in [0.15, 0.2) is 11.6 Å². The van der Waals surface area contributed by atoms with Crippen molar-refractivity contribution in [2.45, 2.75) is 69.4 Å². The molecule has 0 saturated carbocycles. The number of hydrogen-bond acceptors (Lipinski definition) is 7. The highest BCUT2D eigenvalue weighted by atomic mass is 16.7. The van der Waals surface area contributed by atoms with Gasteiger partial charge < -0.3 is 35.0 Å². The second-order valence-corrected chi connectivity index (χ2v) is 6.76. The molecule has 7 nitrogen and oxygen atoms in total. The first kappa shape index (κ1) is 18.8. The minimum atomic E-state index is -1.44. The third-order valence-electron chi connectivity index (χ3n) is 5.06. The lowest BCUT2D eigenvalue weighted by Crippen LogP contribution is -2.61. The first-order valence-electron chi connectivity index (χ1n) is 8.11. The monoisotopic (exact) mass is 332 g/mol. The van der Waals surface area contributed by atoms with Crippen LogP contribution in [0.5, 0.6) is 0 Å². The summed E-state index contributed by atoms with van der Waals surface area (Å²) in [4.78, 5) is 0. The first-order valence-corrected chi connectivity index (χ1v) is 8.11. The average molecular weight is 332 g/mol. The van der Waals surface area contributed by atoms with E-state index < -0.39 is 42.9 Å². The Morgan fingerprint density at radius 1 is 1.22 bits per heavy atom. The average Bonchev–Trinajstić information content (AvgIpc) is 2.55. The van der Waals surface area contributed by atoms with E-state index in [0.29, 0.717) is 19.3 Å². The predicted octanol–water partition coefficient (Wildman–Crippen LogP) is -0.700. The van der Waals surface area contributed by atoms with Gasteiger partial charge in [-0.05, 0) is 30.8 Å². The highest BCUT2D eigenvalue weighted by Crippen LogP contribution is 2.39. The quantitative estimate of drug-likeness (QED) is 0.422. The molecule has 1 heterocycles. The molecule has 0 aromatic carbocycles. The molecule has 2 aliphatic rings. The van der Waals surface area contributed by atoms with Crippen molar-refractivity contribution in [1.82, 2.24) is 0 Å². The van der Waals surface area contributed by atoms with Gasteiger partial charge in [0.2, 0.25) is 0 Å². The molecule has 0 aromatic rings. The highest BCUT2D eigenvalue weighted by Gasteiger charge is 2.48. The Labute approximate surface area is 136 Å². The van der Waals surface area contributed by atoms with Crippen LogP contribution in [0.2, 0.25) is 0 Å². The zero-order chi connectivity index (χ0) is 17.2. The summed E-state index contributed by atoms with van der Waals surface area (Å²) in [5.74, 6) is 0.117. The minimum absolute atomic E-state index is 0.0220. The molecule has 0 spiro atoms. The van der Waals surface area contributed by atoms with Crippen LogP contribution >= 0.6 is 0 Å². The molecule has 2 rings (SSSR count). The van der Waals surface area contributed by atoms with Crippen molar-refractivity contribution in [1.29, 1.82) is 0 Å². The van der Waals surface area contributed by atoms with Gasteiger partial charge in [0.25, 0.3) is 0 Å². The van der Waals surface area contributed by atoms with Gasteiger partial charge in [-0.25, -0.2) is 0 Å². The van der Waals surface area contributed by atoms with E-state index in [1.165, 1.54) is 0 Å². The summed E-state index contributed by atoms with van der Waals surface area (Å²) in [7, 11) is 0. The molecule has 7 heteroatoms. The van der Waals surface area contributed by atoms with E-state index in [9.17, 15) is 25.5 Å². The number of hydrogen-bond donors (Lipinski definition) is 5. The first-order chi connectivity index (χ1) is 10.8. The van der Waals surface area contributed by atoms with Crippen molar-refractivity contribution in [3.8, 4) is 0 Å². The molecule has 0 bridgehead atoms. The summed E-state index contributed by atoms with van der Waals surface area (Å²) in [5, 5.41) is 48.4. The number of ether oxygens (including phenoxy) is 2. The molecule has 6 atom stereocenters. The molecule has 23 heavy (non-hydrogen) atoms. The summed E-state index contributed by atoms with van der Waals surface area (Å²) >= 11 is 0. The summed E-state index contributed by atoms with van der Waals surface area (Å²) < 4.78 is 11.5. The van der Waals surface area contributed by atoms with Crippen molar-refractivity contribution in [2.75, 3.05) is 13.2 Å².